The van der Waals surface area contributed by atoms with Gasteiger partial charge in [-0.3, -0.25) is 4.79 Å². The van der Waals surface area contributed by atoms with Crippen molar-refractivity contribution in [1.82, 2.24) is 20.1 Å². The zero-order chi connectivity index (χ0) is 17.7. The Labute approximate surface area is 137 Å². The minimum absolute atomic E-state index is 0.293. The first-order valence-corrected chi connectivity index (χ1v) is 7.60. The standard InChI is InChI=1S/C16H19F3N4O/c1-3-13(11-5-4-6-12(9-11)16(17,18)19)15(24)20-8-7-14-22-21-10-23(14)2/h4-6,9-10,13H,3,7-8H2,1-2H3,(H,20,24). The van der Waals surface area contributed by atoms with Gasteiger partial charge >= 0.3 is 6.18 Å². The molecule has 0 fully saturated rings. The maximum absolute atomic E-state index is 12.8. The smallest absolute Gasteiger partial charge is 0.355 e. The van der Waals surface area contributed by atoms with Crippen molar-refractivity contribution in [3.63, 3.8) is 0 Å². The Bertz CT molecular complexity index is 697. The fourth-order valence-corrected chi connectivity index (χ4v) is 2.46. The number of rotatable bonds is 6. The van der Waals surface area contributed by atoms with Crippen LogP contribution in [0.15, 0.2) is 30.6 Å². The molecule has 2 rings (SSSR count). The van der Waals surface area contributed by atoms with Crippen LogP contribution in [0, 0.1) is 0 Å². The normalized spacial score (nSPS) is 12.9. The molecule has 1 amide bonds. The van der Waals surface area contributed by atoms with E-state index < -0.39 is 17.7 Å². The van der Waals surface area contributed by atoms with Gasteiger partial charge in [-0.1, -0.05) is 25.1 Å². The largest absolute Gasteiger partial charge is 0.416 e. The van der Waals surface area contributed by atoms with Crippen LogP contribution in [0.5, 0.6) is 0 Å². The first-order chi connectivity index (χ1) is 11.3. The molecule has 1 heterocycles. The van der Waals surface area contributed by atoms with Gasteiger partial charge in [0.1, 0.15) is 12.2 Å². The second kappa shape index (κ2) is 7.46. The van der Waals surface area contributed by atoms with Crippen molar-refractivity contribution in [1.29, 1.82) is 0 Å². The van der Waals surface area contributed by atoms with Crippen molar-refractivity contribution in [2.75, 3.05) is 6.54 Å². The molecular weight excluding hydrogens is 321 g/mol. The highest BCUT2D eigenvalue weighted by atomic mass is 19.4. The average molecular weight is 340 g/mol. The summed E-state index contributed by atoms with van der Waals surface area (Å²) < 4.78 is 40.2. The number of aromatic nitrogens is 3. The third-order valence-corrected chi connectivity index (χ3v) is 3.79. The first kappa shape index (κ1) is 18.0. The van der Waals surface area contributed by atoms with Crippen molar-refractivity contribution in [3.8, 4) is 0 Å². The van der Waals surface area contributed by atoms with Gasteiger partial charge in [-0.15, -0.1) is 10.2 Å². The van der Waals surface area contributed by atoms with Gasteiger partial charge in [-0.25, -0.2) is 0 Å². The maximum Gasteiger partial charge on any atom is 0.416 e. The Morgan fingerprint density at radius 3 is 2.71 bits per heavy atom. The molecule has 1 unspecified atom stereocenters. The molecule has 5 nitrogen and oxygen atoms in total. The fourth-order valence-electron chi connectivity index (χ4n) is 2.46. The van der Waals surface area contributed by atoms with Crippen molar-refractivity contribution in [2.24, 2.45) is 7.05 Å². The van der Waals surface area contributed by atoms with Crippen LogP contribution in [0.25, 0.3) is 0 Å². The van der Waals surface area contributed by atoms with Gasteiger partial charge in [0.05, 0.1) is 11.5 Å². The molecule has 0 saturated heterocycles. The SMILES string of the molecule is CCC(C(=O)NCCc1nncn1C)c1cccc(C(F)(F)F)c1. The molecule has 0 saturated carbocycles. The number of benzene rings is 1. The number of amides is 1. The molecule has 0 aliphatic heterocycles. The molecule has 1 aromatic carbocycles. The van der Waals surface area contributed by atoms with Crippen LogP contribution >= 0.6 is 0 Å². The second-order valence-corrected chi connectivity index (χ2v) is 5.48. The first-order valence-electron chi connectivity index (χ1n) is 7.60. The Kier molecular flexibility index (Phi) is 5.58. The number of hydrogen-bond donors (Lipinski definition) is 1. The van der Waals surface area contributed by atoms with Crippen molar-refractivity contribution in [2.45, 2.75) is 31.9 Å². The number of nitrogens with zero attached hydrogens (tertiary/aromatic N) is 3. The molecule has 1 N–H and O–H groups in total. The maximum atomic E-state index is 12.8. The molecule has 130 valence electrons. The third kappa shape index (κ3) is 4.33. The van der Waals surface area contributed by atoms with E-state index in [1.807, 2.05) is 0 Å². The van der Waals surface area contributed by atoms with E-state index in [9.17, 15) is 18.0 Å². The quantitative estimate of drug-likeness (QED) is 0.879. The van der Waals surface area contributed by atoms with E-state index in [1.54, 1.807) is 30.9 Å². The van der Waals surface area contributed by atoms with Crippen LogP contribution in [0.4, 0.5) is 13.2 Å². The van der Waals surface area contributed by atoms with Crippen molar-refractivity contribution in [3.05, 3.63) is 47.5 Å². The number of hydrogen-bond acceptors (Lipinski definition) is 3. The molecule has 0 radical (unpaired) electrons. The third-order valence-electron chi connectivity index (χ3n) is 3.79. The van der Waals surface area contributed by atoms with Gasteiger partial charge in [0, 0.05) is 20.0 Å². The molecule has 0 spiro atoms. The summed E-state index contributed by atoms with van der Waals surface area (Å²) in [5.74, 6) is -0.187. The van der Waals surface area contributed by atoms with Crippen LogP contribution in [0.2, 0.25) is 0 Å². The van der Waals surface area contributed by atoms with E-state index in [0.29, 0.717) is 24.9 Å². The van der Waals surface area contributed by atoms with E-state index >= 15 is 0 Å². The highest BCUT2D eigenvalue weighted by Gasteiger charge is 2.31. The molecule has 8 heteroatoms. The van der Waals surface area contributed by atoms with Gasteiger partial charge in [0.25, 0.3) is 0 Å². The number of halogens is 3. The zero-order valence-corrected chi connectivity index (χ0v) is 13.5. The van der Waals surface area contributed by atoms with E-state index in [-0.39, 0.29) is 5.91 Å². The lowest BCUT2D eigenvalue weighted by Crippen LogP contribution is -2.31. The Morgan fingerprint density at radius 2 is 2.12 bits per heavy atom. The summed E-state index contributed by atoms with van der Waals surface area (Å²) in [7, 11) is 1.80. The van der Waals surface area contributed by atoms with Crippen LogP contribution in [0.1, 0.15) is 36.2 Å². The second-order valence-electron chi connectivity index (χ2n) is 5.48. The minimum atomic E-state index is -4.42. The predicted molar refractivity (Wildman–Crippen MR) is 82.2 cm³/mol. The highest BCUT2D eigenvalue weighted by Crippen LogP contribution is 2.31. The monoisotopic (exact) mass is 340 g/mol. The average Bonchev–Trinajstić information content (AvgIpc) is 2.93. The lowest BCUT2D eigenvalue weighted by molar-refractivity contribution is -0.137. The number of nitrogens with one attached hydrogen (secondary N) is 1. The molecule has 2 aromatic rings. The summed E-state index contributed by atoms with van der Waals surface area (Å²) in [6.45, 7) is 2.12. The van der Waals surface area contributed by atoms with Gasteiger partial charge in [-0.2, -0.15) is 13.2 Å². The van der Waals surface area contributed by atoms with Crippen molar-refractivity contribution >= 4 is 5.91 Å². The van der Waals surface area contributed by atoms with Crippen LogP contribution in [-0.2, 0) is 24.4 Å². The van der Waals surface area contributed by atoms with Gasteiger partial charge in [0.15, 0.2) is 0 Å². The summed E-state index contributed by atoms with van der Waals surface area (Å²) in [4.78, 5) is 12.3. The topological polar surface area (TPSA) is 59.8 Å². The van der Waals surface area contributed by atoms with E-state index in [1.165, 1.54) is 6.07 Å². The number of carbonyl (C=O) groups excluding carboxylic acids is 1. The van der Waals surface area contributed by atoms with Crippen LogP contribution in [0.3, 0.4) is 0 Å². The van der Waals surface area contributed by atoms with Crippen LogP contribution in [-0.4, -0.2) is 27.2 Å². The van der Waals surface area contributed by atoms with E-state index in [4.69, 9.17) is 0 Å². The summed E-state index contributed by atoms with van der Waals surface area (Å²) in [6.07, 6.45) is -1.94. The summed E-state index contributed by atoms with van der Waals surface area (Å²) in [5.41, 5.74) is -0.381. The van der Waals surface area contributed by atoms with E-state index in [2.05, 4.69) is 15.5 Å². The Morgan fingerprint density at radius 1 is 1.38 bits per heavy atom. The summed E-state index contributed by atoms with van der Waals surface area (Å²) in [6, 6.07) is 4.91. The minimum Gasteiger partial charge on any atom is -0.355 e. The van der Waals surface area contributed by atoms with Gasteiger partial charge in [-0.05, 0) is 18.1 Å². The van der Waals surface area contributed by atoms with Crippen LogP contribution < -0.4 is 5.32 Å². The lowest BCUT2D eigenvalue weighted by atomic mass is 9.94. The summed E-state index contributed by atoms with van der Waals surface area (Å²) >= 11 is 0. The Balaban J connectivity index is 2.02. The fraction of sp³-hybridized carbons (Fsp3) is 0.438. The number of alkyl halides is 3. The highest BCUT2D eigenvalue weighted by molar-refractivity contribution is 5.83. The molecular formula is C16H19F3N4O. The Hall–Kier alpha value is -2.38. The molecule has 24 heavy (non-hydrogen) atoms. The molecule has 0 bridgehead atoms. The molecule has 1 aromatic heterocycles. The number of aryl methyl sites for hydroxylation is 1. The predicted octanol–water partition coefficient (Wildman–Crippen LogP) is 2.69. The van der Waals surface area contributed by atoms with Gasteiger partial charge < -0.3 is 9.88 Å². The lowest BCUT2D eigenvalue weighted by Gasteiger charge is -2.17. The van der Waals surface area contributed by atoms with E-state index in [0.717, 1.165) is 18.0 Å². The number of carbonyl (C=O) groups is 1. The zero-order valence-electron chi connectivity index (χ0n) is 13.5. The molecule has 0 aliphatic rings. The summed E-state index contributed by atoms with van der Waals surface area (Å²) in [5, 5.41) is 10.4. The molecule has 1 atom stereocenters. The van der Waals surface area contributed by atoms with Crippen molar-refractivity contribution < 1.29 is 18.0 Å². The van der Waals surface area contributed by atoms with Gasteiger partial charge in [0.2, 0.25) is 5.91 Å². The molecule has 0 aliphatic carbocycles.